The summed E-state index contributed by atoms with van der Waals surface area (Å²) < 4.78 is 7.01. The quantitative estimate of drug-likeness (QED) is 0.696. The van der Waals surface area contributed by atoms with Gasteiger partial charge in [0.2, 0.25) is 0 Å². The van der Waals surface area contributed by atoms with Crippen LogP contribution in [-0.4, -0.2) is 46.7 Å². The molecule has 1 aromatic carbocycles. The molecule has 1 N–H and O–H groups in total. The highest BCUT2D eigenvalue weighted by Gasteiger charge is 2.46. The van der Waals surface area contributed by atoms with E-state index in [-0.39, 0.29) is 16.7 Å². The number of piperidine rings is 1. The number of aromatic amines is 1. The second-order valence-corrected chi connectivity index (χ2v) is 10.4. The van der Waals surface area contributed by atoms with Gasteiger partial charge in [-0.25, -0.2) is 9.58 Å². The van der Waals surface area contributed by atoms with Crippen molar-refractivity contribution in [1.29, 1.82) is 0 Å². The number of benzene rings is 1. The van der Waals surface area contributed by atoms with Crippen LogP contribution in [0.3, 0.4) is 0 Å². The monoisotopic (exact) mass is 466 g/mol. The normalized spacial score (nSPS) is 17.9. The number of likely N-dealkylation sites (tertiary alicyclic amines) is 1. The van der Waals surface area contributed by atoms with Gasteiger partial charge in [-0.1, -0.05) is 13.0 Å². The van der Waals surface area contributed by atoms with Crippen molar-refractivity contribution >= 4 is 23.1 Å². The number of methoxy groups -OCH3 is 1. The third-order valence-corrected chi connectivity index (χ3v) is 6.73. The zero-order valence-corrected chi connectivity index (χ0v) is 21.1. The maximum absolute atomic E-state index is 14.0. The standard InChI is InChI=1S/C26H34N4O4/c1-15-10-12-28(13-11-15)22-21(20-17(3)27-30(24(20)32)26(4,5)6)23(31)29(25(22)33)18-14-16(2)8-9-19(18)34-7/h8-9,14-15,27H,10-13H2,1-7H3. The summed E-state index contributed by atoms with van der Waals surface area (Å²) in [5, 5.41) is 3.13. The van der Waals surface area contributed by atoms with Crippen molar-refractivity contribution in [3.05, 3.63) is 51.1 Å². The average Bonchev–Trinajstić information content (AvgIpc) is 3.20. The summed E-state index contributed by atoms with van der Waals surface area (Å²) in [5.74, 6) is 0.0641. The molecule has 1 fully saturated rings. The Labute approximate surface area is 200 Å². The molecule has 8 nitrogen and oxygen atoms in total. The lowest BCUT2D eigenvalue weighted by Gasteiger charge is -2.32. The minimum absolute atomic E-state index is 0.171. The Morgan fingerprint density at radius 3 is 2.24 bits per heavy atom. The number of imide groups is 1. The number of H-pyrrole nitrogens is 1. The van der Waals surface area contributed by atoms with E-state index in [1.54, 1.807) is 19.1 Å². The summed E-state index contributed by atoms with van der Waals surface area (Å²) in [6.07, 6.45) is 1.84. The van der Waals surface area contributed by atoms with Crippen molar-refractivity contribution in [2.24, 2.45) is 5.92 Å². The van der Waals surface area contributed by atoms with Gasteiger partial charge in [0.15, 0.2) is 0 Å². The highest BCUT2D eigenvalue weighted by Crippen LogP contribution is 2.40. The fraction of sp³-hybridized carbons (Fsp3) is 0.500. The van der Waals surface area contributed by atoms with Crippen LogP contribution >= 0.6 is 0 Å². The summed E-state index contributed by atoms with van der Waals surface area (Å²) in [5.41, 5.74) is 1.78. The van der Waals surface area contributed by atoms with E-state index in [9.17, 15) is 14.4 Å². The van der Waals surface area contributed by atoms with Gasteiger partial charge in [0.25, 0.3) is 17.4 Å². The van der Waals surface area contributed by atoms with Crippen LogP contribution in [-0.2, 0) is 15.1 Å². The van der Waals surface area contributed by atoms with Crippen LogP contribution in [0.5, 0.6) is 5.75 Å². The molecule has 2 amide bonds. The van der Waals surface area contributed by atoms with Gasteiger partial charge in [0.05, 0.1) is 29.5 Å². The number of anilines is 1. The zero-order valence-electron chi connectivity index (χ0n) is 21.1. The number of carbonyl (C=O) groups excluding carboxylic acids is 2. The summed E-state index contributed by atoms with van der Waals surface area (Å²) in [4.78, 5) is 44.6. The molecule has 0 atom stereocenters. The molecule has 2 aromatic rings. The molecule has 4 rings (SSSR count). The summed E-state index contributed by atoms with van der Waals surface area (Å²) in [7, 11) is 1.51. The first kappa shape index (κ1) is 23.9. The second kappa shape index (κ2) is 8.49. The number of nitrogens with zero attached hydrogens (tertiary/aromatic N) is 3. The fourth-order valence-electron chi connectivity index (χ4n) is 4.78. The molecule has 8 heteroatoms. The van der Waals surface area contributed by atoms with E-state index in [2.05, 4.69) is 12.0 Å². The molecule has 3 heterocycles. The molecule has 1 aromatic heterocycles. The van der Waals surface area contributed by atoms with E-state index in [0.29, 0.717) is 41.8 Å². The van der Waals surface area contributed by atoms with Crippen LogP contribution < -0.4 is 15.2 Å². The summed E-state index contributed by atoms with van der Waals surface area (Å²) in [6.45, 7) is 12.9. The van der Waals surface area contributed by atoms with E-state index in [1.807, 2.05) is 38.7 Å². The van der Waals surface area contributed by atoms with Gasteiger partial charge in [-0.3, -0.25) is 19.5 Å². The topological polar surface area (TPSA) is 87.6 Å². The molecular weight excluding hydrogens is 432 g/mol. The first-order valence-corrected chi connectivity index (χ1v) is 11.8. The van der Waals surface area contributed by atoms with Gasteiger partial charge in [-0.15, -0.1) is 0 Å². The molecule has 0 spiro atoms. The smallest absolute Gasteiger partial charge is 0.282 e. The molecule has 0 aliphatic carbocycles. The fourth-order valence-corrected chi connectivity index (χ4v) is 4.78. The number of aryl methyl sites for hydroxylation is 2. The van der Waals surface area contributed by atoms with Gasteiger partial charge in [0, 0.05) is 18.8 Å². The molecule has 0 unspecified atom stereocenters. The van der Waals surface area contributed by atoms with Crippen LogP contribution in [0.2, 0.25) is 0 Å². The van der Waals surface area contributed by atoms with Crippen LogP contribution in [0.25, 0.3) is 5.57 Å². The first-order chi connectivity index (χ1) is 16.0. The van der Waals surface area contributed by atoms with E-state index < -0.39 is 17.4 Å². The Hall–Kier alpha value is -3.29. The number of hydrogen-bond acceptors (Lipinski definition) is 5. The number of carbonyl (C=O) groups is 2. The molecule has 2 aliphatic rings. The highest BCUT2D eigenvalue weighted by atomic mass is 16.5. The maximum Gasteiger partial charge on any atom is 0.282 e. The second-order valence-electron chi connectivity index (χ2n) is 10.4. The van der Waals surface area contributed by atoms with Crippen LogP contribution in [0.1, 0.15) is 57.4 Å². The predicted octanol–water partition coefficient (Wildman–Crippen LogP) is 3.57. The number of ether oxygens (including phenoxy) is 1. The largest absolute Gasteiger partial charge is 0.495 e. The minimum atomic E-state index is -0.507. The average molecular weight is 467 g/mol. The molecule has 0 radical (unpaired) electrons. The van der Waals surface area contributed by atoms with Crippen LogP contribution in [0, 0.1) is 19.8 Å². The molecule has 0 bridgehead atoms. The van der Waals surface area contributed by atoms with Crippen LogP contribution in [0.15, 0.2) is 28.7 Å². The van der Waals surface area contributed by atoms with Crippen molar-refractivity contribution in [1.82, 2.24) is 14.7 Å². The van der Waals surface area contributed by atoms with Crippen molar-refractivity contribution < 1.29 is 14.3 Å². The zero-order chi connectivity index (χ0) is 24.9. The predicted molar refractivity (Wildman–Crippen MR) is 132 cm³/mol. The molecule has 1 saturated heterocycles. The third-order valence-electron chi connectivity index (χ3n) is 6.73. The Bertz CT molecular complexity index is 1240. The van der Waals surface area contributed by atoms with E-state index in [4.69, 9.17) is 4.74 Å². The van der Waals surface area contributed by atoms with Gasteiger partial charge >= 0.3 is 0 Å². The van der Waals surface area contributed by atoms with E-state index in [0.717, 1.165) is 18.4 Å². The van der Waals surface area contributed by atoms with Gasteiger partial charge in [0.1, 0.15) is 11.4 Å². The summed E-state index contributed by atoms with van der Waals surface area (Å²) >= 11 is 0. The Morgan fingerprint density at radius 2 is 1.68 bits per heavy atom. The number of amides is 2. The number of aromatic nitrogens is 2. The van der Waals surface area contributed by atoms with Gasteiger partial charge in [-0.2, -0.15) is 0 Å². The van der Waals surface area contributed by atoms with Gasteiger partial charge in [-0.05, 0) is 71.1 Å². The van der Waals surface area contributed by atoms with E-state index >= 15 is 0 Å². The highest BCUT2D eigenvalue weighted by molar-refractivity contribution is 6.45. The van der Waals surface area contributed by atoms with Crippen molar-refractivity contribution in [3.8, 4) is 5.75 Å². The Morgan fingerprint density at radius 1 is 1.03 bits per heavy atom. The van der Waals surface area contributed by atoms with E-state index in [1.165, 1.54) is 16.7 Å². The first-order valence-electron chi connectivity index (χ1n) is 11.8. The lowest BCUT2D eigenvalue weighted by Crippen LogP contribution is -2.38. The van der Waals surface area contributed by atoms with Gasteiger partial charge < -0.3 is 9.64 Å². The van der Waals surface area contributed by atoms with Crippen molar-refractivity contribution in [2.75, 3.05) is 25.1 Å². The molecular formula is C26H34N4O4. The molecule has 2 aliphatic heterocycles. The van der Waals surface area contributed by atoms with Crippen molar-refractivity contribution in [2.45, 2.75) is 59.9 Å². The number of nitrogens with one attached hydrogen (secondary N) is 1. The lowest BCUT2D eigenvalue weighted by molar-refractivity contribution is -0.120. The summed E-state index contributed by atoms with van der Waals surface area (Å²) in [6, 6.07) is 5.39. The maximum atomic E-state index is 14.0. The number of hydrogen-bond donors (Lipinski definition) is 1. The molecule has 182 valence electrons. The SMILES string of the molecule is COc1ccc(C)cc1N1C(=O)C(c2c(C)[nH]n(C(C)(C)C)c2=O)=C(N2CCC(C)CC2)C1=O. The lowest BCUT2D eigenvalue weighted by atomic mass is 9.97. The van der Waals surface area contributed by atoms with Crippen LogP contribution in [0.4, 0.5) is 5.69 Å². The third kappa shape index (κ3) is 3.85. The molecule has 0 saturated carbocycles. The molecule has 34 heavy (non-hydrogen) atoms. The minimum Gasteiger partial charge on any atom is -0.495 e. The Kier molecular flexibility index (Phi) is 5.96. The Balaban J connectivity index is 1.94. The van der Waals surface area contributed by atoms with Crippen molar-refractivity contribution in [3.63, 3.8) is 0 Å². The number of rotatable bonds is 4.